The second kappa shape index (κ2) is 9.09. The van der Waals surface area contributed by atoms with E-state index in [1.165, 1.54) is 0 Å². The molecule has 0 radical (unpaired) electrons. The van der Waals surface area contributed by atoms with E-state index in [9.17, 15) is 0 Å². The summed E-state index contributed by atoms with van der Waals surface area (Å²) in [5.74, 6) is 2.66. The van der Waals surface area contributed by atoms with Crippen molar-refractivity contribution in [1.29, 1.82) is 0 Å². The smallest absolute Gasteiger partial charge is 0.203 e. The van der Waals surface area contributed by atoms with Crippen LogP contribution in [0.4, 0.5) is 5.69 Å². The first kappa shape index (κ1) is 18.8. The van der Waals surface area contributed by atoms with Crippen LogP contribution in [0.1, 0.15) is 12.5 Å². The molecule has 0 aliphatic carbocycles. The number of anilines is 1. The van der Waals surface area contributed by atoms with Crippen molar-refractivity contribution in [3.05, 3.63) is 42.0 Å². The first-order valence-electron chi connectivity index (χ1n) is 8.50. The summed E-state index contributed by atoms with van der Waals surface area (Å²) in [7, 11) is 1.59. The minimum atomic E-state index is 0.375. The topological polar surface area (TPSA) is 73.3 Å². The lowest BCUT2D eigenvalue weighted by molar-refractivity contribution is 0.165. The number of nitrogens with one attached hydrogen (secondary N) is 2. The van der Waals surface area contributed by atoms with E-state index in [-0.39, 0.29) is 0 Å². The highest BCUT2D eigenvalue weighted by Crippen LogP contribution is 2.39. The fourth-order valence-electron chi connectivity index (χ4n) is 2.49. The van der Waals surface area contributed by atoms with Gasteiger partial charge in [0.05, 0.1) is 19.9 Å². The number of hydrogen-bond acceptors (Lipinski definition) is 6. The number of ether oxygens (including phenoxy) is 4. The Morgan fingerprint density at radius 1 is 1.22 bits per heavy atom. The Labute approximate surface area is 163 Å². The summed E-state index contributed by atoms with van der Waals surface area (Å²) in [5, 5.41) is 7.58. The first-order valence-corrected chi connectivity index (χ1v) is 8.91. The zero-order chi connectivity index (χ0) is 19.1. The summed E-state index contributed by atoms with van der Waals surface area (Å²) in [4.78, 5) is 0. The second-order valence-corrected chi connectivity index (χ2v) is 5.94. The van der Waals surface area contributed by atoms with E-state index in [1.54, 1.807) is 13.3 Å². The maximum Gasteiger partial charge on any atom is 0.203 e. The van der Waals surface area contributed by atoms with Gasteiger partial charge in [0.15, 0.2) is 16.6 Å². The van der Waals surface area contributed by atoms with Crippen molar-refractivity contribution in [3.63, 3.8) is 0 Å². The van der Waals surface area contributed by atoms with Crippen LogP contribution >= 0.6 is 12.2 Å². The molecule has 2 aromatic carbocycles. The minimum absolute atomic E-state index is 0.375. The molecule has 27 heavy (non-hydrogen) atoms. The number of methoxy groups -OCH3 is 1. The van der Waals surface area contributed by atoms with Gasteiger partial charge >= 0.3 is 0 Å². The Bertz CT molecular complexity index is 807. The largest absolute Gasteiger partial charge is 0.494 e. The van der Waals surface area contributed by atoms with Crippen LogP contribution in [-0.2, 0) is 0 Å². The number of rotatable bonds is 6. The molecule has 3 rings (SSSR count). The van der Waals surface area contributed by atoms with Gasteiger partial charge in [-0.25, -0.2) is 0 Å². The quantitative estimate of drug-likeness (QED) is 0.448. The maximum atomic E-state index is 5.60. The normalized spacial score (nSPS) is 12.5. The van der Waals surface area contributed by atoms with E-state index in [4.69, 9.17) is 31.2 Å². The van der Waals surface area contributed by atoms with E-state index in [0.717, 1.165) is 17.0 Å². The minimum Gasteiger partial charge on any atom is -0.494 e. The van der Waals surface area contributed by atoms with Crippen molar-refractivity contribution < 1.29 is 18.9 Å². The highest BCUT2D eigenvalue weighted by Gasteiger charge is 2.17. The van der Waals surface area contributed by atoms with Crippen LogP contribution < -0.4 is 29.7 Å². The predicted octanol–water partition coefficient (Wildman–Crippen LogP) is 3.19. The van der Waals surface area contributed by atoms with E-state index in [1.807, 2.05) is 43.3 Å². The van der Waals surface area contributed by atoms with Gasteiger partial charge in [-0.15, -0.1) is 0 Å². The zero-order valence-electron chi connectivity index (χ0n) is 15.2. The number of benzene rings is 2. The molecule has 0 saturated carbocycles. The molecular weight excluding hydrogens is 366 g/mol. The first-order chi connectivity index (χ1) is 13.2. The Hall–Kier alpha value is -3.00. The molecule has 1 heterocycles. The summed E-state index contributed by atoms with van der Waals surface area (Å²) in [5.41, 5.74) is 4.42. The van der Waals surface area contributed by atoms with Crippen LogP contribution in [0.5, 0.6) is 23.0 Å². The summed E-state index contributed by atoms with van der Waals surface area (Å²) in [6.45, 7) is 3.58. The highest BCUT2D eigenvalue weighted by molar-refractivity contribution is 7.80. The lowest BCUT2D eigenvalue weighted by Crippen LogP contribution is -2.23. The van der Waals surface area contributed by atoms with Crippen LogP contribution in [0.15, 0.2) is 41.5 Å². The summed E-state index contributed by atoms with van der Waals surface area (Å²) in [6.07, 6.45) is 1.63. The van der Waals surface area contributed by atoms with Gasteiger partial charge < -0.3 is 24.3 Å². The molecule has 0 atom stereocenters. The fourth-order valence-corrected chi connectivity index (χ4v) is 2.66. The third-order valence-electron chi connectivity index (χ3n) is 3.65. The molecule has 0 spiro atoms. The Kier molecular flexibility index (Phi) is 6.32. The third-order valence-corrected chi connectivity index (χ3v) is 3.85. The molecule has 0 bridgehead atoms. The number of hydrogen-bond donors (Lipinski definition) is 2. The molecule has 1 aliphatic heterocycles. The van der Waals surface area contributed by atoms with E-state index in [2.05, 4.69) is 15.8 Å². The maximum absolute atomic E-state index is 5.60. The zero-order valence-corrected chi connectivity index (χ0v) is 16.0. The van der Waals surface area contributed by atoms with Gasteiger partial charge in [0.25, 0.3) is 0 Å². The molecule has 1 aliphatic rings. The van der Waals surface area contributed by atoms with Gasteiger partial charge in [0.2, 0.25) is 5.75 Å². The molecule has 0 amide bonds. The molecule has 142 valence electrons. The van der Waals surface area contributed by atoms with Gasteiger partial charge in [0.1, 0.15) is 19.0 Å². The summed E-state index contributed by atoms with van der Waals surface area (Å²) < 4.78 is 21.9. The molecular formula is C19H21N3O4S. The average Bonchev–Trinajstić information content (AvgIpc) is 2.69. The summed E-state index contributed by atoms with van der Waals surface area (Å²) in [6, 6.07) is 11.2. The van der Waals surface area contributed by atoms with Crippen LogP contribution in [0.25, 0.3) is 0 Å². The Morgan fingerprint density at radius 3 is 2.74 bits per heavy atom. The molecule has 0 saturated heterocycles. The lowest BCUT2D eigenvalue weighted by atomic mass is 10.2. The third kappa shape index (κ3) is 5.01. The molecule has 0 unspecified atom stereocenters. The number of thiocarbonyl (C=S) groups is 1. The van der Waals surface area contributed by atoms with Crippen LogP contribution in [-0.4, -0.2) is 38.3 Å². The molecule has 8 heteroatoms. The predicted molar refractivity (Wildman–Crippen MR) is 109 cm³/mol. The van der Waals surface area contributed by atoms with Gasteiger partial charge in [-0.3, -0.25) is 5.43 Å². The van der Waals surface area contributed by atoms with Gasteiger partial charge in [-0.1, -0.05) is 0 Å². The van der Waals surface area contributed by atoms with Gasteiger partial charge in [-0.05, 0) is 55.5 Å². The number of hydrazone groups is 1. The van der Waals surface area contributed by atoms with Gasteiger partial charge in [0, 0.05) is 11.3 Å². The van der Waals surface area contributed by atoms with Crippen molar-refractivity contribution in [3.8, 4) is 23.0 Å². The van der Waals surface area contributed by atoms with Crippen molar-refractivity contribution in [1.82, 2.24) is 5.43 Å². The molecule has 2 N–H and O–H groups in total. The van der Waals surface area contributed by atoms with E-state index < -0.39 is 0 Å². The standard InChI is InChI=1S/C19H21N3O4S/c1-3-24-15-6-4-14(5-7-15)21-19(27)22-20-12-13-10-16(23-2)18-17(11-13)25-8-9-26-18/h4-7,10-12H,3,8-9H2,1-2H3,(H2,21,22,27)/b20-12-. The van der Waals surface area contributed by atoms with Crippen molar-refractivity contribution in [2.24, 2.45) is 5.10 Å². The Morgan fingerprint density at radius 2 is 2.00 bits per heavy atom. The average molecular weight is 387 g/mol. The highest BCUT2D eigenvalue weighted by atomic mass is 32.1. The van der Waals surface area contributed by atoms with Gasteiger partial charge in [-0.2, -0.15) is 5.10 Å². The monoisotopic (exact) mass is 387 g/mol. The number of fused-ring (bicyclic) bond motifs is 1. The number of nitrogens with zero attached hydrogens (tertiary/aromatic N) is 1. The fraction of sp³-hybridized carbons (Fsp3) is 0.263. The second-order valence-electron chi connectivity index (χ2n) is 5.53. The Balaban J connectivity index is 1.59. The lowest BCUT2D eigenvalue weighted by Gasteiger charge is -2.20. The van der Waals surface area contributed by atoms with Crippen molar-refractivity contribution >= 4 is 29.2 Å². The van der Waals surface area contributed by atoms with E-state index in [0.29, 0.717) is 42.2 Å². The summed E-state index contributed by atoms with van der Waals surface area (Å²) >= 11 is 5.24. The molecule has 0 aromatic heterocycles. The molecule has 0 fully saturated rings. The van der Waals surface area contributed by atoms with Crippen molar-refractivity contribution in [2.45, 2.75) is 6.92 Å². The van der Waals surface area contributed by atoms with Crippen LogP contribution in [0.2, 0.25) is 0 Å². The van der Waals surface area contributed by atoms with E-state index >= 15 is 0 Å². The van der Waals surface area contributed by atoms with Crippen molar-refractivity contribution in [2.75, 3.05) is 32.2 Å². The molecule has 7 nitrogen and oxygen atoms in total. The molecule has 2 aromatic rings. The van der Waals surface area contributed by atoms with Crippen LogP contribution in [0.3, 0.4) is 0 Å². The SMILES string of the molecule is CCOc1ccc(NC(=S)N/N=C\c2cc(OC)c3c(c2)OCCO3)cc1. The van der Waals surface area contributed by atoms with Crippen LogP contribution in [0, 0.1) is 0 Å².